The Bertz CT molecular complexity index is 431. The first-order chi connectivity index (χ1) is 6.86. The predicted octanol–water partition coefficient (Wildman–Crippen LogP) is 0.961. The van der Waals surface area contributed by atoms with Crippen LogP contribution in [0.3, 0.4) is 0 Å². The molecule has 5 heteroatoms. The minimum Gasteiger partial charge on any atom is -0.218 e. The molecule has 0 aliphatic rings. The van der Waals surface area contributed by atoms with Crippen LogP contribution in [0, 0.1) is 0 Å². The maximum atomic E-state index is 4.14. The van der Waals surface area contributed by atoms with E-state index in [9.17, 15) is 0 Å². The summed E-state index contributed by atoms with van der Waals surface area (Å²) in [5, 5.41) is 10.9. The second kappa shape index (κ2) is 3.78. The van der Waals surface area contributed by atoms with Gasteiger partial charge < -0.3 is 0 Å². The van der Waals surface area contributed by atoms with E-state index in [0.717, 1.165) is 5.56 Å². The Balaban J connectivity index is 2.20. The zero-order valence-corrected chi connectivity index (χ0v) is 7.70. The van der Waals surface area contributed by atoms with E-state index in [1.165, 1.54) is 4.68 Å². The van der Waals surface area contributed by atoms with Crippen LogP contribution in [0.1, 0.15) is 5.56 Å². The average molecular weight is 187 g/mol. The molecule has 0 atom stereocenters. The lowest BCUT2D eigenvalue weighted by Crippen LogP contribution is -1.89. The molecule has 2 rings (SSSR count). The van der Waals surface area contributed by atoms with Crippen molar-refractivity contribution in [2.45, 2.75) is 0 Å². The molecule has 14 heavy (non-hydrogen) atoms. The maximum Gasteiger partial charge on any atom is 0.268 e. The van der Waals surface area contributed by atoms with Crippen LogP contribution in [0.2, 0.25) is 0 Å². The van der Waals surface area contributed by atoms with E-state index < -0.39 is 0 Å². The van der Waals surface area contributed by atoms with E-state index in [-0.39, 0.29) is 0 Å². The molecule has 0 aliphatic heterocycles. The van der Waals surface area contributed by atoms with Gasteiger partial charge in [-0.1, -0.05) is 35.4 Å². The maximum absolute atomic E-state index is 4.14. The van der Waals surface area contributed by atoms with Crippen LogP contribution in [0.5, 0.6) is 0 Å². The molecule has 0 bridgehead atoms. The fraction of sp³-hybridized carbons (Fsp3) is 0.111. The lowest BCUT2D eigenvalue weighted by atomic mass is 10.2. The summed E-state index contributed by atoms with van der Waals surface area (Å²) in [6.07, 6.45) is 1.73. The third-order valence-corrected chi connectivity index (χ3v) is 1.73. The zero-order valence-electron chi connectivity index (χ0n) is 7.70. The van der Waals surface area contributed by atoms with E-state index in [2.05, 4.69) is 20.5 Å². The Kier molecular flexibility index (Phi) is 2.31. The van der Waals surface area contributed by atoms with E-state index in [0.29, 0.717) is 5.95 Å². The van der Waals surface area contributed by atoms with E-state index in [4.69, 9.17) is 0 Å². The van der Waals surface area contributed by atoms with Crippen molar-refractivity contribution < 1.29 is 0 Å². The number of hydrogen-bond donors (Lipinski definition) is 0. The molecule has 0 radical (unpaired) electrons. The van der Waals surface area contributed by atoms with Gasteiger partial charge in [-0.05, 0) is 16.0 Å². The lowest BCUT2D eigenvalue weighted by molar-refractivity contribution is 0.712. The topological polar surface area (TPSA) is 56.0 Å². The van der Waals surface area contributed by atoms with Gasteiger partial charge in [0.1, 0.15) is 0 Å². The van der Waals surface area contributed by atoms with Gasteiger partial charge in [-0.15, -0.1) is 0 Å². The molecule has 5 nitrogen and oxygen atoms in total. The Morgan fingerprint density at radius 1 is 1.29 bits per heavy atom. The first kappa shape index (κ1) is 8.55. The highest BCUT2D eigenvalue weighted by molar-refractivity contribution is 5.80. The van der Waals surface area contributed by atoms with Gasteiger partial charge >= 0.3 is 0 Å². The first-order valence-electron chi connectivity index (χ1n) is 4.18. The monoisotopic (exact) mass is 187 g/mol. The second-order valence-corrected chi connectivity index (χ2v) is 2.77. The van der Waals surface area contributed by atoms with Gasteiger partial charge in [-0.25, -0.2) is 9.67 Å². The van der Waals surface area contributed by atoms with Crippen molar-refractivity contribution in [1.82, 2.24) is 20.2 Å². The van der Waals surface area contributed by atoms with Crippen LogP contribution in [-0.4, -0.2) is 26.4 Å². The number of aromatic nitrogens is 4. The lowest BCUT2D eigenvalue weighted by Gasteiger charge is -1.90. The highest BCUT2D eigenvalue weighted by Gasteiger charge is 1.96. The quantitative estimate of drug-likeness (QED) is 0.658. The third kappa shape index (κ3) is 1.82. The van der Waals surface area contributed by atoms with E-state index in [1.807, 2.05) is 30.3 Å². The smallest absolute Gasteiger partial charge is 0.218 e. The molecule has 1 heterocycles. The molecule has 0 unspecified atom stereocenters. The molecule has 0 spiro atoms. The molecule has 0 saturated heterocycles. The van der Waals surface area contributed by atoms with E-state index in [1.54, 1.807) is 13.3 Å². The Labute approximate surface area is 81.1 Å². The SMILES string of the molecule is Cn1nnnc1N=Cc1ccccc1. The summed E-state index contributed by atoms with van der Waals surface area (Å²) < 4.78 is 1.51. The fourth-order valence-corrected chi connectivity index (χ4v) is 1.01. The van der Waals surface area contributed by atoms with Gasteiger partial charge in [-0.2, -0.15) is 0 Å². The van der Waals surface area contributed by atoms with Crippen molar-refractivity contribution in [3.05, 3.63) is 35.9 Å². The summed E-state index contributed by atoms with van der Waals surface area (Å²) in [4.78, 5) is 4.14. The zero-order chi connectivity index (χ0) is 9.80. The van der Waals surface area contributed by atoms with Gasteiger partial charge in [0, 0.05) is 13.3 Å². The van der Waals surface area contributed by atoms with Crippen LogP contribution in [-0.2, 0) is 7.05 Å². The second-order valence-electron chi connectivity index (χ2n) is 2.77. The highest BCUT2D eigenvalue weighted by Crippen LogP contribution is 2.02. The molecule has 0 saturated carbocycles. The predicted molar refractivity (Wildman–Crippen MR) is 52.5 cm³/mol. The molecule has 0 aliphatic carbocycles. The summed E-state index contributed by atoms with van der Waals surface area (Å²) in [5.41, 5.74) is 1.02. The van der Waals surface area contributed by atoms with Crippen molar-refractivity contribution >= 4 is 12.2 Å². The van der Waals surface area contributed by atoms with Crippen molar-refractivity contribution in [2.24, 2.45) is 12.0 Å². The number of aryl methyl sites for hydroxylation is 1. The number of rotatable bonds is 2. The van der Waals surface area contributed by atoms with Gasteiger partial charge in [0.15, 0.2) is 0 Å². The Morgan fingerprint density at radius 3 is 2.71 bits per heavy atom. The van der Waals surface area contributed by atoms with Crippen molar-refractivity contribution in [3.63, 3.8) is 0 Å². The van der Waals surface area contributed by atoms with Crippen molar-refractivity contribution in [1.29, 1.82) is 0 Å². The van der Waals surface area contributed by atoms with Crippen molar-refractivity contribution in [3.8, 4) is 0 Å². The van der Waals surface area contributed by atoms with Crippen LogP contribution in [0.4, 0.5) is 5.95 Å². The summed E-state index contributed by atoms with van der Waals surface area (Å²) in [7, 11) is 1.75. The summed E-state index contributed by atoms with van der Waals surface area (Å²) >= 11 is 0. The number of aliphatic imine (C=N–C) groups is 1. The number of nitrogens with zero attached hydrogens (tertiary/aromatic N) is 5. The summed E-state index contributed by atoms with van der Waals surface area (Å²) in [6.45, 7) is 0. The molecule has 0 fully saturated rings. The Hall–Kier alpha value is -2.04. The largest absolute Gasteiger partial charge is 0.268 e. The molecule has 1 aromatic carbocycles. The van der Waals surface area contributed by atoms with Crippen LogP contribution in [0.25, 0.3) is 0 Å². The van der Waals surface area contributed by atoms with E-state index >= 15 is 0 Å². The molecule has 70 valence electrons. The number of benzene rings is 1. The third-order valence-electron chi connectivity index (χ3n) is 1.73. The van der Waals surface area contributed by atoms with Crippen LogP contribution in [0.15, 0.2) is 35.3 Å². The minimum atomic E-state index is 0.494. The molecule has 0 amide bonds. The van der Waals surface area contributed by atoms with Gasteiger partial charge in [0.2, 0.25) is 0 Å². The normalized spacial score (nSPS) is 10.9. The van der Waals surface area contributed by atoms with Gasteiger partial charge in [0.25, 0.3) is 5.95 Å². The standard InChI is InChI=1S/C9H9N5/c1-14-9(11-12-13-14)10-7-8-5-3-2-4-6-8/h2-7H,1H3. The van der Waals surface area contributed by atoms with Crippen molar-refractivity contribution in [2.75, 3.05) is 0 Å². The van der Waals surface area contributed by atoms with Gasteiger partial charge in [-0.3, -0.25) is 0 Å². The number of hydrogen-bond acceptors (Lipinski definition) is 4. The molecular formula is C9H9N5. The highest BCUT2D eigenvalue weighted by atomic mass is 15.6. The number of tetrazole rings is 1. The minimum absolute atomic E-state index is 0.494. The molecule has 1 aromatic heterocycles. The van der Waals surface area contributed by atoms with Crippen LogP contribution < -0.4 is 0 Å². The summed E-state index contributed by atoms with van der Waals surface area (Å²) in [6, 6.07) is 9.80. The molecule has 2 aromatic rings. The van der Waals surface area contributed by atoms with Crippen LogP contribution >= 0.6 is 0 Å². The molecular weight excluding hydrogens is 178 g/mol. The Morgan fingerprint density at radius 2 is 2.07 bits per heavy atom. The fourth-order valence-electron chi connectivity index (χ4n) is 1.01. The first-order valence-corrected chi connectivity index (χ1v) is 4.18. The molecule has 0 N–H and O–H groups in total. The van der Waals surface area contributed by atoms with Gasteiger partial charge in [0.05, 0.1) is 0 Å². The average Bonchev–Trinajstić information content (AvgIpc) is 2.63. The summed E-state index contributed by atoms with van der Waals surface area (Å²) in [5.74, 6) is 0.494.